The number of methoxy groups -OCH3 is 1. The Labute approximate surface area is 197 Å². The third-order valence-electron chi connectivity index (χ3n) is 4.44. The number of hydrogen-bond acceptors (Lipinski definition) is 4. The number of guanidine groups is 1. The predicted octanol–water partition coefficient (Wildman–Crippen LogP) is 4.67. The molecule has 0 amide bonds. The van der Waals surface area contributed by atoms with Crippen LogP contribution in [-0.2, 0) is 17.9 Å². The topological polar surface area (TPSA) is 64.1 Å². The van der Waals surface area contributed by atoms with E-state index in [-0.39, 0.29) is 30.0 Å². The van der Waals surface area contributed by atoms with E-state index in [1.54, 1.807) is 14.2 Å². The van der Waals surface area contributed by atoms with Crippen molar-refractivity contribution in [2.24, 2.45) is 4.99 Å². The van der Waals surface area contributed by atoms with E-state index < -0.39 is 0 Å². The van der Waals surface area contributed by atoms with Gasteiger partial charge in [0.25, 0.3) is 0 Å². The van der Waals surface area contributed by atoms with Gasteiger partial charge in [-0.05, 0) is 49.6 Å². The molecule has 0 radical (unpaired) electrons. The fourth-order valence-corrected chi connectivity index (χ4v) is 2.93. The molecule has 2 aromatic rings. The lowest BCUT2D eigenvalue weighted by Crippen LogP contribution is -2.38. The molecule has 0 spiro atoms. The third-order valence-corrected chi connectivity index (χ3v) is 4.44. The number of nitrogens with one attached hydrogen (secondary N) is 2. The number of aliphatic imine (C=N–C) groups is 1. The molecule has 0 aromatic heterocycles. The van der Waals surface area contributed by atoms with E-state index in [1.165, 1.54) is 5.56 Å². The quantitative estimate of drug-likeness (QED) is 0.267. The van der Waals surface area contributed by atoms with E-state index >= 15 is 0 Å². The highest BCUT2D eigenvalue weighted by Crippen LogP contribution is 2.30. The Kier molecular flexibility index (Phi) is 12.2. The standard InChI is InChI=1S/C23H33N3O3.HI/c1-6-28-21-13-12-20(14-22(21)29-7-2)17(3)26-23(24-4)25-15-18-8-10-19(11-9-18)16-27-5;/h8-14,17H,6-7,15-16H2,1-5H3,(H2,24,25,26);1H. The van der Waals surface area contributed by atoms with Crippen LogP contribution < -0.4 is 20.1 Å². The third kappa shape index (κ3) is 8.02. The minimum absolute atomic E-state index is 0. The maximum Gasteiger partial charge on any atom is 0.191 e. The second-order valence-corrected chi connectivity index (χ2v) is 6.61. The second-order valence-electron chi connectivity index (χ2n) is 6.61. The average Bonchev–Trinajstić information content (AvgIpc) is 2.73. The summed E-state index contributed by atoms with van der Waals surface area (Å²) in [5, 5.41) is 6.79. The Hall–Kier alpha value is -2.00. The van der Waals surface area contributed by atoms with Crippen LogP contribution in [0, 0.1) is 0 Å². The van der Waals surface area contributed by atoms with Crippen molar-refractivity contribution in [3.8, 4) is 11.5 Å². The van der Waals surface area contributed by atoms with Gasteiger partial charge in [-0.1, -0.05) is 30.3 Å². The first-order chi connectivity index (χ1) is 14.1. The average molecular weight is 527 g/mol. The molecule has 166 valence electrons. The minimum atomic E-state index is 0. The van der Waals surface area contributed by atoms with Gasteiger partial charge in [0, 0.05) is 20.7 Å². The second kappa shape index (κ2) is 14.1. The first-order valence-corrected chi connectivity index (χ1v) is 10.0. The molecular formula is C23H34IN3O3. The molecule has 0 fully saturated rings. The summed E-state index contributed by atoms with van der Waals surface area (Å²) in [6.45, 7) is 8.55. The van der Waals surface area contributed by atoms with Crippen LogP contribution in [0.1, 0.15) is 43.5 Å². The van der Waals surface area contributed by atoms with Crippen LogP contribution >= 0.6 is 24.0 Å². The van der Waals surface area contributed by atoms with E-state index in [2.05, 4.69) is 46.8 Å². The van der Waals surface area contributed by atoms with Gasteiger partial charge in [0.1, 0.15) is 0 Å². The lowest BCUT2D eigenvalue weighted by Gasteiger charge is -2.20. The molecule has 7 heteroatoms. The number of halogens is 1. The number of ether oxygens (including phenoxy) is 3. The molecule has 0 heterocycles. The van der Waals surface area contributed by atoms with Crippen LogP contribution in [0.4, 0.5) is 0 Å². The highest BCUT2D eigenvalue weighted by molar-refractivity contribution is 14.0. The molecular weight excluding hydrogens is 493 g/mol. The van der Waals surface area contributed by atoms with Crippen LogP contribution in [0.5, 0.6) is 11.5 Å². The van der Waals surface area contributed by atoms with Crippen molar-refractivity contribution in [3.05, 3.63) is 59.2 Å². The van der Waals surface area contributed by atoms with E-state index in [0.29, 0.717) is 26.4 Å². The van der Waals surface area contributed by atoms with Gasteiger partial charge in [-0.2, -0.15) is 0 Å². The van der Waals surface area contributed by atoms with Crippen LogP contribution in [0.25, 0.3) is 0 Å². The molecule has 2 rings (SSSR count). The summed E-state index contributed by atoms with van der Waals surface area (Å²) < 4.78 is 16.5. The van der Waals surface area contributed by atoms with Gasteiger partial charge >= 0.3 is 0 Å². The summed E-state index contributed by atoms with van der Waals surface area (Å²) in [5.74, 6) is 2.27. The SMILES string of the molecule is CCOc1ccc(C(C)NC(=NC)NCc2ccc(COC)cc2)cc1OCC.I. The Morgan fingerprint density at radius 3 is 2.20 bits per heavy atom. The lowest BCUT2D eigenvalue weighted by molar-refractivity contribution is 0.185. The van der Waals surface area contributed by atoms with Crippen molar-refractivity contribution in [1.82, 2.24) is 10.6 Å². The van der Waals surface area contributed by atoms with Crippen LogP contribution in [0.2, 0.25) is 0 Å². The van der Waals surface area contributed by atoms with Crippen molar-refractivity contribution in [1.29, 1.82) is 0 Å². The number of nitrogens with zero attached hydrogens (tertiary/aromatic N) is 1. The molecule has 2 aromatic carbocycles. The van der Waals surface area contributed by atoms with Crippen molar-refractivity contribution >= 4 is 29.9 Å². The summed E-state index contributed by atoms with van der Waals surface area (Å²) in [6, 6.07) is 14.4. The number of hydrogen-bond donors (Lipinski definition) is 2. The Bertz CT molecular complexity index is 782. The summed E-state index contributed by atoms with van der Waals surface area (Å²) in [6.07, 6.45) is 0. The normalized spacial score (nSPS) is 12.0. The molecule has 0 aliphatic heterocycles. The molecule has 0 saturated carbocycles. The van der Waals surface area contributed by atoms with Crippen molar-refractivity contribution in [2.45, 2.75) is 40.0 Å². The van der Waals surface area contributed by atoms with Crippen molar-refractivity contribution in [3.63, 3.8) is 0 Å². The number of benzene rings is 2. The molecule has 2 N–H and O–H groups in total. The molecule has 0 saturated heterocycles. The molecule has 6 nitrogen and oxygen atoms in total. The van der Waals surface area contributed by atoms with Gasteiger partial charge in [-0.3, -0.25) is 4.99 Å². The van der Waals surface area contributed by atoms with E-state index in [1.807, 2.05) is 32.0 Å². The minimum Gasteiger partial charge on any atom is -0.490 e. The molecule has 0 aliphatic carbocycles. The zero-order valence-corrected chi connectivity index (χ0v) is 20.9. The number of rotatable bonds is 10. The van der Waals surface area contributed by atoms with Crippen LogP contribution in [-0.4, -0.2) is 33.3 Å². The zero-order valence-electron chi connectivity index (χ0n) is 18.5. The predicted molar refractivity (Wildman–Crippen MR) is 133 cm³/mol. The lowest BCUT2D eigenvalue weighted by atomic mass is 10.1. The molecule has 0 bridgehead atoms. The highest BCUT2D eigenvalue weighted by atomic mass is 127. The van der Waals surface area contributed by atoms with Gasteiger partial charge in [0.15, 0.2) is 17.5 Å². The smallest absolute Gasteiger partial charge is 0.191 e. The van der Waals surface area contributed by atoms with Gasteiger partial charge in [0.2, 0.25) is 0 Å². The van der Waals surface area contributed by atoms with E-state index in [4.69, 9.17) is 14.2 Å². The van der Waals surface area contributed by atoms with Gasteiger partial charge in [-0.25, -0.2) is 0 Å². The fourth-order valence-electron chi connectivity index (χ4n) is 2.93. The maximum atomic E-state index is 5.74. The zero-order chi connectivity index (χ0) is 21.1. The highest BCUT2D eigenvalue weighted by Gasteiger charge is 2.12. The molecule has 1 atom stereocenters. The molecule has 30 heavy (non-hydrogen) atoms. The summed E-state index contributed by atoms with van der Waals surface area (Å²) >= 11 is 0. The van der Waals surface area contributed by atoms with E-state index in [0.717, 1.165) is 28.6 Å². The van der Waals surface area contributed by atoms with Gasteiger partial charge in [-0.15, -0.1) is 24.0 Å². The Morgan fingerprint density at radius 1 is 0.967 bits per heavy atom. The largest absolute Gasteiger partial charge is 0.490 e. The monoisotopic (exact) mass is 527 g/mol. The Morgan fingerprint density at radius 2 is 1.60 bits per heavy atom. The Balaban J connectivity index is 0.00000450. The summed E-state index contributed by atoms with van der Waals surface area (Å²) in [4.78, 5) is 4.34. The van der Waals surface area contributed by atoms with Crippen LogP contribution in [0.15, 0.2) is 47.5 Å². The van der Waals surface area contributed by atoms with Crippen molar-refractivity contribution in [2.75, 3.05) is 27.4 Å². The van der Waals surface area contributed by atoms with Gasteiger partial charge in [0.05, 0.1) is 25.9 Å². The van der Waals surface area contributed by atoms with Gasteiger partial charge < -0.3 is 24.8 Å². The first kappa shape index (κ1) is 26.0. The summed E-state index contributed by atoms with van der Waals surface area (Å²) in [7, 11) is 3.47. The fraction of sp³-hybridized carbons (Fsp3) is 0.435. The van der Waals surface area contributed by atoms with E-state index in [9.17, 15) is 0 Å². The molecule has 1 unspecified atom stereocenters. The van der Waals surface area contributed by atoms with Crippen LogP contribution in [0.3, 0.4) is 0 Å². The summed E-state index contributed by atoms with van der Waals surface area (Å²) in [5.41, 5.74) is 3.44. The maximum absolute atomic E-state index is 5.74. The van der Waals surface area contributed by atoms with Crippen molar-refractivity contribution < 1.29 is 14.2 Å². The first-order valence-electron chi connectivity index (χ1n) is 10.0. The molecule has 0 aliphatic rings.